The Kier molecular flexibility index (Phi) is 6.46. The highest BCUT2D eigenvalue weighted by Gasteiger charge is 2.08. The maximum absolute atomic E-state index is 12.2. The number of rotatable bonds is 8. The van der Waals surface area contributed by atoms with Crippen molar-refractivity contribution in [2.75, 3.05) is 19.5 Å². The number of pyridine rings is 1. The van der Waals surface area contributed by atoms with Gasteiger partial charge in [-0.25, -0.2) is 4.98 Å². The number of hydrogen-bond donors (Lipinski definition) is 2. The summed E-state index contributed by atoms with van der Waals surface area (Å²) in [6, 6.07) is 19.1. The van der Waals surface area contributed by atoms with Crippen molar-refractivity contribution in [3.05, 3.63) is 83.7 Å². The van der Waals surface area contributed by atoms with Gasteiger partial charge < -0.3 is 20.1 Å². The summed E-state index contributed by atoms with van der Waals surface area (Å²) in [6.07, 6.45) is 1.65. The maximum Gasteiger partial charge on any atom is 0.270 e. The van der Waals surface area contributed by atoms with Crippen LogP contribution in [-0.2, 0) is 13.1 Å². The van der Waals surface area contributed by atoms with Crippen LogP contribution in [0.3, 0.4) is 0 Å². The van der Waals surface area contributed by atoms with E-state index in [-0.39, 0.29) is 5.91 Å². The second kappa shape index (κ2) is 9.41. The van der Waals surface area contributed by atoms with Crippen molar-refractivity contribution in [3.8, 4) is 11.5 Å². The van der Waals surface area contributed by atoms with Crippen LogP contribution in [0.5, 0.6) is 11.5 Å². The molecule has 0 unspecified atom stereocenters. The second-order valence-corrected chi connectivity index (χ2v) is 6.14. The number of amides is 1. The van der Waals surface area contributed by atoms with E-state index in [1.165, 1.54) is 0 Å². The smallest absolute Gasteiger partial charge is 0.270 e. The van der Waals surface area contributed by atoms with Gasteiger partial charge in [-0.05, 0) is 35.4 Å². The van der Waals surface area contributed by atoms with Gasteiger partial charge in [0.15, 0.2) is 11.5 Å². The van der Waals surface area contributed by atoms with Gasteiger partial charge in [0.25, 0.3) is 5.91 Å². The van der Waals surface area contributed by atoms with Crippen molar-refractivity contribution >= 4 is 11.6 Å². The van der Waals surface area contributed by atoms with E-state index in [2.05, 4.69) is 15.6 Å². The number of benzene rings is 2. The van der Waals surface area contributed by atoms with Crippen LogP contribution in [0.1, 0.15) is 21.6 Å². The van der Waals surface area contributed by atoms with Crippen LogP contribution in [0.15, 0.2) is 66.9 Å². The third-order valence-corrected chi connectivity index (χ3v) is 4.24. The fourth-order valence-electron chi connectivity index (χ4n) is 2.70. The molecule has 0 fully saturated rings. The molecule has 0 saturated heterocycles. The summed E-state index contributed by atoms with van der Waals surface area (Å²) in [5, 5.41) is 6.15. The zero-order valence-corrected chi connectivity index (χ0v) is 15.9. The van der Waals surface area contributed by atoms with Crippen LogP contribution in [0.4, 0.5) is 5.69 Å². The van der Waals surface area contributed by atoms with E-state index in [1.54, 1.807) is 26.5 Å². The molecule has 3 aromatic rings. The lowest BCUT2D eigenvalue weighted by molar-refractivity contribution is 0.0946. The lowest BCUT2D eigenvalue weighted by Crippen LogP contribution is -2.23. The standard InChI is InChI=1S/C22H23N3O3/c1-27-20-11-8-17(12-21(20)28-2)14-23-18-9-10-19(24-15-18)22(26)25-13-16-6-4-3-5-7-16/h3-12,15,23H,13-14H2,1-2H3,(H,25,26). The highest BCUT2D eigenvalue weighted by Crippen LogP contribution is 2.27. The highest BCUT2D eigenvalue weighted by molar-refractivity contribution is 5.92. The topological polar surface area (TPSA) is 72.5 Å². The number of methoxy groups -OCH3 is 2. The van der Waals surface area contributed by atoms with Crippen molar-refractivity contribution in [1.29, 1.82) is 0 Å². The third-order valence-electron chi connectivity index (χ3n) is 4.24. The molecule has 0 bridgehead atoms. The highest BCUT2D eigenvalue weighted by atomic mass is 16.5. The third kappa shape index (κ3) is 5.01. The number of ether oxygens (including phenoxy) is 2. The minimum atomic E-state index is -0.199. The molecule has 2 N–H and O–H groups in total. The van der Waals surface area contributed by atoms with Crippen LogP contribution in [-0.4, -0.2) is 25.1 Å². The largest absolute Gasteiger partial charge is 0.493 e. The Balaban J connectivity index is 1.55. The van der Waals surface area contributed by atoms with Crippen LogP contribution in [0.2, 0.25) is 0 Å². The van der Waals surface area contributed by atoms with E-state index >= 15 is 0 Å². The summed E-state index contributed by atoms with van der Waals surface area (Å²) in [7, 11) is 3.22. The Morgan fingerprint density at radius 3 is 2.36 bits per heavy atom. The molecule has 6 heteroatoms. The molecule has 1 aromatic heterocycles. The molecule has 0 aliphatic heterocycles. The quantitative estimate of drug-likeness (QED) is 0.627. The molecule has 0 atom stereocenters. The predicted molar refractivity (Wildman–Crippen MR) is 109 cm³/mol. The minimum Gasteiger partial charge on any atom is -0.493 e. The molecule has 2 aromatic carbocycles. The number of carbonyl (C=O) groups is 1. The van der Waals surface area contributed by atoms with Gasteiger partial charge in [-0.1, -0.05) is 36.4 Å². The van der Waals surface area contributed by atoms with Crippen molar-refractivity contribution in [3.63, 3.8) is 0 Å². The van der Waals surface area contributed by atoms with Crippen molar-refractivity contribution in [2.24, 2.45) is 0 Å². The molecule has 1 heterocycles. The van der Waals surface area contributed by atoms with Gasteiger partial charge in [-0.3, -0.25) is 4.79 Å². The minimum absolute atomic E-state index is 0.199. The van der Waals surface area contributed by atoms with E-state index in [0.29, 0.717) is 30.3 Å². The Labute approximate surface area is 164 Å². The average molecular weight is 377 g/mol. The first-order valence-electron chi connectivity index (χ1n) is 8.92. The van der Waals surface area contributed by atoms with E-state index in [1.807, 2.05) is 54.6 Å². The van der Waals surface area contributed by atoms with Gasteiger partial charge in [-0.15, -0.1) is 0 Å². The molecule has 6 nitrogen and oxygen atoms in total. The normalized spacial score (nSPS) is 10.2. The van der Waals surface area contributed by atoms with E-state index in [0.717, 1.165) is 16.8 Å². The molecule has 28 heavy (non-hydrogen) atoms. The summed E-state index contributed by atoms with van der Waals surface area (Å²) >= 11 is 0. The van der Waals surface area contributed by atoms with Crippen LogP contribution in [0.25, 0.3) is 0 Å². The molecule has 0 radical (unpaired) electrons. The number of anilines is 1. The molecule has 0 aliphatic rings. The second-order valence-electron chi connectivity index (χ2n) is 6.14. The molecule has 144 valence electrons. The fourth-order valence-corrected chi connectivity index (χ4v) is 2.70. The molecular weight excluding hydrogens is 354 g/mol. The lowest BCUT2D eigenvalue weighted by Gasteiger charge is -2.11. The molecular formula is C22H23N3O3. The van der Waals surface area contributed by atoms with Crippen molar-refractivity contribution in [1.82, 2.24) is 10.3 Å². The van der Waals surface area contributed by atoms with Crippen molar-refractivity contribution < 1.29 is 14.3 Å². The Hall–Kier alpha value is -3.54. The molecule has 3 rings (SSSR count). The SMILES string of the molecule is COc1ccc(CNc2ccc(C(=O)NCc3ccccc3)nc2)cc1OC. The number of nitrogens with one attached hydrogen (secondary N) is 2. The van der Waals surface area contributed by atoms with Crippen molar-refractivity contribution in [2.45, 2.75) is 13.1 Å². The van der Waals surface area contributed by atoms with Gasteiger partial charge in [0.2, 0.25) is 0 Å². The average Bonchev–Trinajstić information content (AvgIpc) is 2.76. The number of aromatic nitrogens is 1. The summed E-state index contributed by atoms with van der Waals surface area (Å²) in [5.74, 6) is 1.18. The predicted octanol–water partition coefficient (Wildman–Crippen LogP) is 3.64. The molecule has 0 aliphatic carbocycles. The molecule has 0 saturated carbocycles. The van der Waals surface area contributed by atoms with Gasteiger partial charge in [-0.2, -0.15) is 0 Å². The van der Waals surface area contributed by atoms with E-state index < -0.39 is 0 Å². The van der Waals surface area contributed by atoms with E-state index in [9.17, 15) is 4.79 Å². The van der Waals surface area contributed by atoms with Crippen LogP contribution < -0.4 is 20.1 Å². The van der Waals surface area contributed by atoms with E-state index in [4.69, 9.17) is 9.47 Å². The number of carbonyl (C=O) groups excluding carboxylic acids is 1. The summed E-state index contributed by atoms with van der Waals surface area (Å²) in [5.41, 5.74) is 3.30. The Bertz CT molecular complexity index is 912. The first-order valence-corrected chi connectivity index (χ1v) is 8.92. The Morgan fingerprint density at radius 1 is 0.893 bits per heavy atom. The number of hydrogen-bond acceptors (Lipinski definition) is 5. The van der Waals surface area contributed by atoms with Gasteiger partial charge >= 0.3 is 0 Å². The van der Waals surface area contributed by atoms with Gasteiger partial charge in [0.1, 0.15) is 5.69 Å². The summed E-state index contributed by atoms with van der Waals surface area (Å²) < 4.78 is 10.6. The zero-order chi connectivity index (χ0) is 19.8. The zero-order valence-electron chi connectivity index (χ0n) is 15.9. The fraction of sp³-hybridized carbons (Fsp3) is 0.182. The Morgan fingerprint density at radius 2 is 1.68 bits per heavy atom. The molecule has 0 spiro atoms. The first-order chi connectivity index (χ1) is 13.7. The lowest BCUT2D eigenvalue weighted by atomic mass is 10.2. The number of nitrogens with zero attached hydrogens (tertiary/aromatic N) is 1. The summed E-state index contributed by atoms with van der Waals surface area (Å²) in [6.45, 7) is 1.07. The van der Waals surface area contributed by atoms with Gasteiger partial charge in [0, 0.05) is 13.1 Å². The van der Waals surface area contributed by atoms with Crippen LogP contribution >= 0.6 is 0 Å². The first kappa shape index (κ1) is 19.2. The monoisotopic (exact) mass is 377 g/mol. The van der Waals surface area contributed by atoms with Gasteiger partial charge in [0.05, 0.1) is 26.1 Å². The maximum atomic E-state index is 12.2. The van der Waals surface area contributed by atoms with Crippen LogP contribution in [0, 0.1) is 0 Å². The summed E-state index contributed by atoms with van der Waals surface area (Å²) in [4.78, 5) is 16.5. The molecule has 1 amide bonds.